The van der Waals surface area contributed by atoms with Gasteiger partial charge in [-0.05, 0) is 56.6 Å². The lowest BCUT2D eigenvalue weighted by atomic mass is 9.88. The normalized spacial score (nSPS) is 28.8. The molecule has 0 amide bonds. The lowest BCUT2D eigenvalue weighted by Crippen LogP contribution is -2.52. The van der Waals surface area contributed by atoms with Crippen LogP contribution in [0.4, 0.5) is 0 Å². The Kier molecular flexibility index (Phi) is 4.68. The Labute approximate surface area is 147 Å². The first-order valence-electron chi connectivity index (χ1n) is 9.76. The molecule has 2 aliphatic heterocycles. The Hall–Kier alpha value is -0.900. The topological polar surface area (TPSA) is 15.7 Å². The molecule has 1 atom stereocenters. The maximum atomic E-state index is 5.87. The third-order valence-corrected chi connectivity index (χ3v) is 6.27. The van der Waals surface area contributed by atoms with Crippen LogP contribution in [0, 0.1) is 5.92 Å². The number of hydrogen-bond donors (Lipinski definition) is 0. The van der Waals surface area contributed by atoms with Crippen LogP contribution in [-0.4, -0.2) is 60.8 Å². The van der Waals surface area contributed by atoms with Crippen molar-refractivity contribution >= 4 is 0 Å². The fourth-order valence-electron chi connectivity index (χ4n) is 4.98. The highest BCUT2D eigenvalue weighted by atomic mass is 16.5. The molecule has 132 valence electrons. The molecule has 4 rings (SSSR count). The summed E-state index contributed by atoms with van der Waals surface area (Å²) in [5.41, 5.74) is 3.24. The molecule has 3 aliphatic rings. The molecule has 1 aromatic rings. The predicted octanol–water partition coefficient (Wildman–Crippen LogP) is 2.98. The van der Waals surface area contributed by atoms with E-state index in [0.717, 1.165) is 18.6 Å². The van der Waals surface area contributed by atoms with Gasteiger partial charge < -0.3 is 9.64 Å². The lowest BCUT2D eigenvalue weighted by Gasteiger charge is -2.42. The van der Waals surface area contributed by atoms with Gasteiger partial charge in [0.15, 0.2) is 0 Å². The molecule has 2 heterocycles. The Balaban J connectivity index is 1.26. The zero-order chi connectivity index (χ0) is 16.6. The highest BCUT2D eigenvalue weighted by Crippen LogP contribution is 2.30. The standard InChI is InChI=1S/C21H32N2O/c1-21(2)15-17(7-12-24-21)16-22-8-10-23(11-9-22)20-13-18-5-3-4-6-19(18)14-20/h3-6,17,20H,7-16H2,1-2H3/t17-/m0/s1. The molecule has 1 aliphatic carbocycles. The van der Waals surface area contributed by atoms with Crippen molar-refractivity contribution in [1.82, 2.24) is 9.80 Å². The van der Waals surface area contributed by atoms with E-state index in [9.17, 15) is 0 Å². The van der Waals surface area contributed by atoms with Gasteiger partial charge in [0.2, 0.25) is 0 Å². The Bertz CT molecular complexity index is 538. The van der Waals surface area contributed by atoms with Crippen LogP contribution < -0.4 is 0 Å². The number of benzene rings is 1. The van der Waals surface area contributed by atoms with E-state index in [0.29, 0.717) is 0 Å². The van der Waals surface area contributed by atoms with E-state index in [-0.39, 0.29) is 5.60 Å². The highest BCUT2D eigenvalue weighted by molar-refractivity contribution is 5.33. The molecule has 3 heteroatoms. The molecule has 3 nitrogen and oxygen atoms in total. The van der Waals surface area contributed by atoms with Crippen molar-refractivity contribution in [3.05, 3.63) is 35.4 Å². The summed E-state index contributed by atoms with van der Waals surface area (Å²) in [5, 5.41) is 0. The second kappa shape index (κ2) is 6.78. The van der Waals surface area contributed by atoms with Gasteiger partial charge in [0.1, 0.15) is 0 Å². The molecule has 0 aromatic heterocycles. The molecule has 2 saturated heterocycles. The van der Waals surface area contributed by atoms with E-state index < -0.39 is 0 Å². The first-order chi connectivity index (χ1) is 11.6. The SMILES string of the molecule is CC1(C)C[C@@H](CN2CCN(C3Cc4ccccc4C3)CC2)CCO1. The summed E-state index contributed by atoms with van der Waals surface area (Å²) < 4.78 is 5.87. The van der Waals surface area contributed by atoms with Crippen LogP contribution in [-0.2, 0) is 17.6 Å². The van der Waals surface area contributed by atoms with Crippen LogP contribution >= 0.6 is 0 Å². The second-order valence-corrected chi connectivity index (χ2v) is 8.63. The van der Waals surface area contributed by atoms with Gasteiger partial charge in [-0.1, -0.05) is 24.3 Å². The van der Waals surface area contributed by atoms with E-state index in [2.05, 4.69) is 47.9 Å². The molecule has 1 aromatic carbocycles. The third-order valence-electron chi connectivity index (χ3n) is 6.27. The molecule has 0 saturated carbocycles. The molecule has 24 heavy (non-hydrogen) atoms. The minimum Gasteiger partial charge on any atom is -0.376 e. The molecule has 0 bridgehead atoms. The van der Waals surface area contributed by atoms with E-state index in [1.807, 2.05) is 0 Å². The van der Waals surface area contributed by atoms with E-state index >= 15 is 0 Å². The summed E-state index contributed by atoms with van der Waals surface area (Å²) in [6, 6.07) is 9.76. The summed E-state index contributed by atoms with van der Waals surface area (Å²) in [6.07, 6.45) is 4.96. The molecule has 0 N–H and O–H groups in total. The fourth-order valence-corrected chi connectivity index (χ4v) is 4.98. The van der Waals surface area contributed by atoms with Crippen LogP contribution in [0.25, 0.3) is 0 Å². The summed E-state index contributed by atoms with van der Waals surface area (Å²) in [7, 11) is 0. The number of fused-ring (bicyclic) bond motifs is 1. The minimum atomic E-state index is 0.0837. The Morgan fingerprint density at radius 1 is 1.04 bits per heavy atom. The average Bonchev–Trinajstić information content (AvgIpc) is 2.98. The molecular weight excluding hydrogens is 296 g/mol. The number of nitrogens with zero attached hydrogens (tertiary/aromatic N) is 2. The second-order valence-electron chi connectivity index (χ2n) is 8.63. The molecule has 2 fully saturated rings. The summed E-state index contributed by atoms with van der Waals surface area (Å²) in [5.74, 6) is 0.816. The maximum absolute atomic E-state index is 5.87. The van der Waals surface area contributed by atoms with E-state index in [1.54, 1.807) is 11.1 Å². The highest BCUT2D eigenvalue weighted by Gasteiger charge is 2.32. The first-order valence-corrected chi connectivity index (χ1v) is 9.76. The molecule has 0 spiro atoms. The monoisotopic (exact) mass is 328 g/mol. The zero-order valence-corrected chi connectivity index (χ0v) is 15.3. The van der Waals surface area contributed by atoms with Crippen LogP contribution in [0.2, 0.25) is 0 Å². The largest absolute Gasteiger partial charge is 0.376 e. The van der Waals surface area contributed by atoms with Gasteiger partial charge in [-0.15, -0.1) is 0 Å². The van der Waals surface area contributed by atoms with Gasteiger partial charge in [-0.25, -0.2) is 0 Å². The summed E-state index contributed by atoms with van der Waals surface area (Å²) in [6.45, 7) is 11.7. The van der Waals surface area contributed by atoms with Gasteiger partial charge in [0, 0.05) is 45.4 Å². The van der Waals surface area contributed by atoms with Crippen LogP contribution in [0.15, 0.2) is 24.3 Å². The lowest BCUT2D eigenvalue weighted by molar-refractivity contribution is -0.0784. The Morgan fingerprint density at radius 2 is 1.71 bits per heavy atom. The predicted molar refractivity (Wildman–Crippen MR) is 98.4 cm³/mol. The summed E-state index contributed by atoms with van der Waals surface area (Å²) in [4.78, 5) is 5.44. The van der Waals surface area contributed by atoms with Crippen LogP contribution in [0.3, 0.4) is 0 Å². The Morgan fingerprint density at radius 3 is 2.33 bits per heavy atom. The van der Waals surface area contributed by atoms with Crippen molar-refractivity contribution < 1.29 is 4.74 Å². The van der Waals surface area contributed by atoms with E-state index in [1.165, 1.54) is 58.4 Å². The number of rotatable bonds is 3. The van der Waals surface area contributed by atoms with Crippen LogP contribution in [0.5, 0.6) is 0 Å². The fraction of sp³-hybridized carbons (Fsp3) is 0.714. The van der Waals surface area contributed by atoms with Crippen molar-refractivity contribution in [2.24, 2.45) is 5.92 Å². The third kappa shape index (κ3) is 3.68. The number of ether oxygens (including phenoxy) is 1. The van der Waals surface area contributed by atoms with Crippen molar-refractivity contribution in [2.45, 2.75) is 51.2 Å². The molecule has 0 unspecified atom stereocenters. The van der Waals surface area contributed by atoms with Crippen LogP contribution in [0.1, 0.15) is 37.8 Å². The van der Waals surface area contributed by atoms with Gasteiger partial charge >= 0.3 is 0 Å². The summed E-state index contributed by atoms with van der Waals surface area (Å²) >= 11 is 0. The van der Waals surface area contributed by atoms with E-state index in [4.69, 9.17) is 4.74 Å². The maximum Gasteiger partial charge on any atom is 0.0629 e. The smallest absolute Gasteiger partial charge is 0.0629 e. The molecular formula is C21H32N2O. The van der Waals surface area contributed by atoms with Gasteiger partial charge in [0.25, 0.3) is 0 Å². The van der Waals surface area contributed by atoms with Gasteiger partial charge in [0.05, 0.1) is 5.60 Å². The van der Waals surface area contributed by atoms with Gasteiger partial charge in [-0.3, -0.25) is 4.90 Å². The zero-order valence-electron chi connectivity index (χ0n) is 15.3. The quantitative estimate of drug-likeness (QED) is 0.848. The molecule has 0 radical (unpaired) electrons. The minimum absolute atomic E-state index is 0.0837. The van der Waals surface area contributed by atoms with Crippen molar-refractivity contribution in [2.75, 3.05) is 39.3 Å². The number of piperazine rings is 1. The van der Waals surface area contributed by atoms with Crippen molar-refractivity contribution in [3.8, 4) is 0 Å². The average molecular weight is 329 g/mol. The van der Waals surface area contributed by atoms with Crippen molar-refractivity contribution in [1.29, 1.82) is 0 Å². The number of hydrogen-bond acceptors (Lipinski definition) is 3. The first kappa shape index (κ1) is 16.6. The van der Waals surface area contributed by atoms with Crippen molar-refractivity contribution in [3.63, 3.8) is 0 Å². The van der Waals surface area contributed by atoms with Gasteiger partial charge in [-0.2, -0.15) is 0 Å².